The van der Waals surface area contributed by atoms with Crippen LogP contribution in [0.15, 0.2) is 122 Å². The second-order valence-electron chi connectivity index (χ2n) is 18.5. The van der Waals surface area contributed by atoms with Crippen LogP contribution in [0.4, 0.5) is 4.79 Å². The van der Waals surface area contributed by atoms with Crippen molar-refractivity contribution in [1.82, 2.24) is 25.2 Å². The third kappa shape index (κ3) is 9.80. The zero-order valence-corrected chi connectivity index (χ0v) is 38.9. The summed E-state index contributed by atoms with van der Waals surface area (Å²) >= 11 is 0. The molecule has 3 N–H and O–H groups in total. The highest BCUT2D eigenvalue weighted by Gasteiger charge is 2.63. The summed E-state index contributed by atoms with van der Waals surface area (Å²) in [5.74, 6) is -0.984. The number of carbonyl (C=O) groups is 4. The van der Waals surface area contributed by atoms with Crippen LogP contribution in [0, 0.1) is 11.3 Å². The topological polar surface area (TPSA) is 192 Å². The Balaban J connectivity index is 1.09. The SMILES string of the molecule is C=CC1C[C@@]1(NC(=O)[C@@H]1C[C@@H](Oc2cc(-c3ccccc3)nc3cc(OC)ccc23)CN1C(=O)[C@@H](NC(=O)Oc1ccc(OC)cc1)C(C)(C)C)C(=O)NS(=O)(=O)C1(Cc2ccccc2)CC1. The Hall–Kier alpha value is -6.94. The summed E-state index contributed by atoms with van der Waals surface area (Å²) in [7, 11) is -1.12. The molecule has 2 saturated carbocycles. The number of ether oxygens (including phenoxy) is 4. The summed E-state index contributed by atoms with van der Waals surface area (Å²) in [6.45, 7) is 9.08. The highest BCUT2D eigenvalue weighted by atomic mass is 32.2. The molecular weight excluding hydrogens is 875 g/mol. The van der Waals surface area contributed by atoms with Gasteiger partial charge in [0.05, 0.1) is 36.7 Å². The molecule has 67 heavy (non-hydrogen) atoms. The summed E-state index contributed by atoms with van der Waals surface area (Å²) in [6, 6.07) is 29.9. The first-order valence-electron chi connectivity index (χ1n) is 22.2. The lowest BCUT2D eigenvalue weighted by Crippen LogP contribution is -2.60. The molecule has 1 unspecified atom stereocenters. The van der Waals surface area contributed by atoms with E-state index in [1.807, 2.05) is 72.8 Å². The van der Waals surface area contributed by atoms with Crippen LogP contribution in [0.3, 0.4) is 0 Å². The minimum absolute atomic E-state index is 0.0275. The van der Waals surface area contributed by atoms with Gasteiger partial charge in [-0.15, -0.1) is 6.58 Å². The Morgan fingerprint density at radius 2 is 1.52 bits per heavy atom. The molecule has 3 aliphatic rings. The number of carbonyl (C=O) groups excluding carboxylic acids is 4. The van der Waals surface area contributed by atoms with Crippen LogP contribution in [0.25, 0.3) is 22.2 Å². The molecule has 4 aromatic carbocycles. The standard InChI is InChI=1S/C51H55N5O10S/c1-7-34-30-51(34,47(59)55-67(61,62)50(24-25-50)29-32-14-10-8-11-15-32)54-45(57)42-27-38(65-43-28-40(33-16-12-9-13-17-33)52-41-26-37(64-6)22-23-39(41)43)31-56(42)46(58)44(49(2,3)4)53-48(60)66-36-20-18-35(63-5)19-21-36/h7-23,26,28,34,38,42,44H,1,24-25,27,29-31H2,2-6H3,(H,53,60)(H,54,57)(H,55,59)/t34?,38-,42+,44-,51+/m1/s1. The molecular formula is C51H55N5O10S. The highest BCUT2D eigenvalue weighted by Crippen LogP contribution is 2.49. The summed E-state index contributed by atoms with van der Waals surface area (Å²) in [5.41, 5.74) is 0.306. The number of rotatable bonds is 16. The number of fused-ring (bicyclic) bond motifs is 1. The number of likely N-dealkylation sites (tertiary alicyclic amines) is 1. The molecule has 0 spiro atoms. The summed E-state index contributed by atoms with van der Waals surface area (Å²) in [4.78, 5) is 63.8. The van der Waals surface area contributed by atoms with Gasteiger partial charge < -0.3 is 34.5 Å². The van der Waals surface area contributed by atoms with Gasteiger partial charge in [0.25, 0.3) is 5.91 Å². The number of nitrogens with one attached hydrogen (secondary N) is 3. The van der Waals surface area contributed by atoms with Gasteiger partial charge in [0.1, 0.15) is 46.7 Å². The average molecular weight is 930 g/mol. The van der Waals surface area contributed by atoms with Gasteiger partial charge in [-0.05, 0) is 73.1 Å². The van der Waals surface area contributed by atoms with Gasteiger partial charge in [-0.25, -0.2) is 18.2 Å². The molecule has 1 aliphatic heterocycles. The maximum Gasteiger partial charge on any atom is 0.413 e. The van der Waals surface area contributed by atoms with E-state index in [1.165, 1.54) is 18.1 Å². The zero-order valence-electron chi connectivity index (χ0n) is 38.1. The largest absolute Gasteiger partial charge is 0.497 e. The van der Waals surface area contributed by atoms with Crippen LogP contribution in [0.5, 0.6) is 23.0 Å². The van der Waals surface area contributed by atoms with Crippen molar-refractivity contribution in [2.24, 2.45) is 11.3 Å². The van der Waals surface area contributed by atoms with Crippen LogP contribution >= 0.6 is 0 Å². The van der Waals surface area contributed by atoms with Crippen LogP contribution in [-0.2, 0) is 30.8 Å². The van der Waals surface area contributed by atoms with Gasteiger partial charge in [0, 0.05) is 35.4 Å². The van der Waals surface area contributed by atoms with E-state index in [9.17, 15) is 27.6 Å². The fraction of sp³-hybridized carbons (Fsp3) is 0.353. The van der Waals surface area contributed by atoms with Crippen molar-refractivity contribution in [3.8, 4) is 34.3 Å². The number of benzene rings is 4. The Kier molecular flexibility index (Phi) is 12.8. The van der Waals surface area contributed by atoms with E-state index in [2.05, 4.69) is 21.9 Å². The van der Waals surface area contributed by atoms with E-state index in [1.54, 1.807) is 64.3 Å². The molecule has 16 heteroatoms. The average Bonchev–Trinajstić information content (AvgIpc) is 4.22. The lowest BCUT2D eigenvalue weighted by Gasteiger charge is -2.35. The summed E-state index contributed by atoms with van der Waals surface area (Å²) in [6.07, 6.45) is 0.865. The number of methoxy groups -OCH3 is 2. The van der Waals surface area contributed by atoms with E-state index < -0.39 is 73.6 Å². The zero-order chi connectivity index (χ0) is 47.7. The molecule has 15 nitrogen and oxygen atoms in total. The van der Waals surface area contributed by atoms with E-state index in [-0.39, 0.29) is 31.6 Å². The second kappa shape index (κ2) is 18.4. The maximum atomic E-state index is 15.0. The van der Waals surface area contributed by atoms with Gasteiger partial charge >= 0.3 is 6.09 Å². The quantitative estimate of drug-likeness (QED) is 0.0887. The van der Waals surface area contributed by atoms with Crippen molar-refractivity contribution in [2.75, 3.05) is 20.8 Å². The van der Waals surface area contributed by atoms with Crippen molar-refractivity contribution < 1.29 is 46.5 Å². The number of nitrogens with zero attached hydrogens (tertiary/aromatic N) is 2. The highest BCUT2D eigenvalue weighted by molar-refractivity contribution is 7.91. The first-order chi connectivity index (χ1) is 32.0. The number of hydrogen-bond donors (Lipinski definition) is 3. The van der Waals surface area contributed by atoms with Crippen LogP contribution in [-0.4, -0.2) is 91.4 Å². The fourth-order valence-electron chi connectivity index (χ4n) is 8.73. The van der Waals surface area contributed by atoms with E-state index >= 15 is 0 Å². The summed E-state index contributed by atoms with van der Waals surface area (Å²) < 4.78 is 52.1. The molecule has 0 bridgehead atoms. The summed E-state index contributed by atoms with van der Waals surface area (Å²) in [5, 5.41) is 6.27. The minimum Gasteiger partial charge on any atom is -0.497 e. The number of hydrogen-bond acceptors (Lipinski definition) is 11. The Labute approximate surface area is 390 Å². The first-order valence-corrected chi connectivity index (χ1v) is 23.7. The van der Waals surface area contributed by atoms with Crippen molar-refractivity contribution in [3.63, 3.8) is 0 Å². The predicted molar refractivity (Wildman–Crippen MR) is 252 cm³/mol. The third-order valence-electron chi connectivity index (χ3n) is 12.9. The normalized spacial score (nSPS) is 21.0. The molecule has 1 saturated heterocycles. The van der Waals surface area contributed by atoms with Crippen molar-refractivity contribution in [2.45, 2.75) is 81.3 Å². The molecule has 3 fully saturated rings. The van der Waals surface area contributed by atoms with Crippen molar-refractivity contribution in [1.29, 1.82) is 0 Å². The Morgan fingerprint density at radius 1 is 0.881 bits per heavy atom. The molecule has 5 aromatic rings. The Morgan fingerprint density at radius 3 is 2.13 bits per heavy atom. The second-order valence-corrected chi connectivity index (χ2v) is 20.6. The predicted octanol–water partition coefficient (Wildman–Crippen LogP) is 6.75. The van der Waals surface area contributed by atoms with Crippen molar-refractivity contribution >= 4 is 44.7 Å². The number of aromatic nitrogens is 1. The molecule has 4 amide bonds. The van der Waals surface area contributed by atoms with Crippen LogP contribution < -0.4 is 34.3 Å². The van der Waals surface area contributed by atoms with Gasteiger partial charge in [0.2, 0.25) is 21.8 Å². The van der Waals surface area contributed by atoms with Crippen LogP contribution in [0.2, 0.25) is 0 Å². The van der Waals surface area contributed by atoms with Gasteiger partial charge in [-0.1, -0.05) is 87.5 Å². The molecule has 0 radical (unpaired) electrons. The number of amides is 4. The third-order valence-corrected chi connectivity index (χ3v) is 15.0. The molecule has 2 heterocycles. The van der Waals surface area contributed by atoms with Gasteiger partial charge in [0.15, 0.2) is 0 Å². The number of sulfonamides is 1. The monoisotopic (exact) mass is 929 g/mol. The molecule has 2 aliphatic carbocycles. The molecule has 8 rings (SSSR count). The lowest BCUT2D eigenvalue weighted by molar-refractivity contribution is -0.142. The Bertz CT molecular complexity index is 2800. The molecule has 5 atom stereocenters. The first kappa shape index (κ1) is 46.6. The van der Waals surface area contributed by atoms with Crippen LogP contribution in [0.1, 0.15) is 52.0 Å². The fourth-order valence-corrected chi connectivity index (χ4v) is 10.4. The van der Waals surface area contributed by atoms with E-state index in [0.29, 0.717) is 46.7 Å². The molecule has 350 valence electrons. The lowest BCUT2D eigenvalue weighted by atomic mass is 9.85. The van der Waals surface area contributed by atoms with Crippen molar-refractivity contribution in [3.05, 3.63) is 127 Å². The number of pyridine rings is 1. The smallest absolute Gasteiger partial charge is 0.413 e. The van der Waals surface area contributed by atoms with E-state index in [4.69, 9.17) is 23.9 Å². The maximum absolute atomic E-state index is 15.0. The van der Waals surface area contributed by atoms with Gasteiger partial charge in [-0.2, -0.15) is 0 Å². The van der Waals surface area contributed by atoms with E-state index in [0.717, 1.165) is 11.1 Å². The van der Waals surface area contributed by atoms with Gasteiger partial charge in [-0.3, -0.25) is 19.1 Å². The minimum atomic E-state index is -4.20. The molecule has 1 aromatic heterocycles.